The first kappa shape index (κ1) is 17.2. The van der Waals surface area contributed by atoms with E-state index in [2.05, 4.69) is 26.1 Å². The molecule has 116 valence electrons. The summed E-state index contributed by atoms with van der Waals surface area (Å²) >= 11 is 0. The second-order valence-corrected chi connectivity index (χ2v) is 5.76. The number of carbonyl (C=O) groups excluding carboxylic acids is 1. The molecule has 1 aromatic rings. The topological polar surface area (TPSA) is 66.4 Å². The van der Waals surface area contributed by atoms with Gasteiger partial charge in [0, 0.05) is 12.8 Å². The zero-order valence-electron chi connectivity index (χ0n) is 13.0. The van der Waals surface area contributed by atoms with Gasteiger partial charge in [0.2, 0.25) is 5.91 Å². The van der Waals surface area contributed by atoms with Crippen molar-refractivity contribution < 1.29 is 14.7 Å². The van der Waals surface area contributed by atoms with Gasteiger partial charge in [-0.15, -0.1) is 0 Å². The minimum Gasteiger partial charge on any atom is -0.480 e. The number of hydrogen-bond acceptors (Lipinski definition) is 2. The average Bonchev–Trinajstić information content (AvgIpc) is 2.44. The molecule has 21 heavy (non-hydrogen) atoms. The average molecular weight is 291 g/mol. The molecular weight excluding hydrogens is 266 g/mol. The van der Waals surface area contributed by atoms with Gasteiger partial charge in [-0.2, -0.15) is 0 Å². The van der Waals surface area contributed by atoms with Crippen LogP contribution in [0.5, 0.6) is 0 Å². The predicted octanol–water partition coefficient (Wildman–Crippen LogP) is 2.87. The van der Waals surface area contributed by atoms with Gasteiger partial charge in [0.25, 0.3) is 0 Å². The third-order valence-corrected chi connectivity index (χ3v) is 3.83. The summed E-state index contributed by atoms with van der Waals surface area (Å²) in [5.41, 5.74) is 0.904. The Kier molecular flexibility index (Phi) is 6.92. The van der Waals surface area contributed by atoms with Crippen molar-refractivity contribution in [3.63, 3.8) is 0 Å². The van der Waals surface area contributed by atoms with E-state index in [1.54, 1.807) is 0 Å². The van der Waals surface area contributed by atoms with Crippen LogP contribution in [0.25, 0.3) is 0 Å². The normalized spacial score (nSPS) is 13.7. The lowest BCUT2D eigenvalue weighted by atomic mass is 9.90. The Morgan fingerprint density at radius 3 is 2.29 bits per heavy atom. The van der Waals surface area contributed by atoms with Crippen LogP contribution in [0.15, 0.2) is 30.3 Å². The Bertz CT molecular complexity index is 456. The van der Waals surface area contributed by atoms with Crippen molar-refractivity contribution in [3.05, 3.63) is 35.9 Å². The van der Waals surface area contributed by atoms with E-state index in [1.807, 2.05) is 30.3 Å². The standard InChI is InChI=1S/C17H25NO3/c1-4-14(12(2)3)11-16(19)18-15(17(20)21)10-13-8-6-5-7-9-13/h5-9,12,14-15H,4,10-11H2,1-3H3,(H,18,19)(H,20,21)/t14?,15-/m1/s1. The van der Waals surface area contributed by atoms with E-state index in [0.29, 0.717) is 18.8 Å². The van der Waals surface area contributed by atoms with Crippen LogP contribution < -0.4 is 5.32 Å². The molecule has 0 saturated carbocycles. The minimum atomic E-state index is -0.996. The van der Waals surface area contributed by atoms with Gasteiger partial charge in [0.15, 0.2) is 0 Å². The second kappa shape index (κ2) is 8.45. The maximum Gasteiger partial charge on any atom is 0.326 e. The van der Waals surface area contributed by atoms with Crippen molar-refractivity contribution in [2.75, 3.05) is 0 Å². The fourth-order valence-corrected chi connectivity index (χ4v) is 2.39. The lowest BCUT2D eigenvalue weighted by Crippen LogP contribution is -2.43. The summed E-state index contributed by atoms with van der Waals surface area (Å²) < 4.78 is 0. The van der Waals surface area contributed by atoms with Crippen molar-refractivity contribution in [3.8, 4) is 0 Å². The Balaban J connectivity index is 2.62. The van der Waals surface area contributed by atoms with Crippen LogP contribution in [-0.2, 0) is 16.0 Å². The lowest BCUT2D eigenvalue weighted by molar-refractivity contribution is -0.142. The Hall–Kier alpha value is -1.84. The van der Waals surface area contributed by atoms with Gasteiger partial charge in [-0.05, 0) is 17.4 Å². The van der Waals surface area contributed by atoms with Crippen LogP contribution in [-0.4, -0.2) is 23.0 Å². The van der Waals surface area contributed by atoms with E-state index >= 15 is 0 Å². The van der Waals surface area contributed by atoms with Crippen molar-refractivity contribution >= 4 is 11.9 Å². The third kappa shape index (κ3) is 5.98. The molecule has 2 N–H and O–H groups in total. The highest BCUT2D eigenvalue weighted by Gasteiger charge is 2.22. The molecule has 0 heterocycles. The van der Waals surface area contributed by atoms with Crippen LogP contribution in [0.1, 0.15) is 39.2 Å². The maximum atomic E-state index is 12.0. The van der Waals surface area contributed by atoms with Gasteiger partial charge in [0.05, 0.1) is 0 Å². The molecular formula is C17H25NO3. The van der Waals surface area contributed by atoms with Crippen molar-refractivity contribution in [2.45, 2.75) is 46.1 Å². The second-order valence-electron chi connectivity index (χ2n) is 5.76. The highest BCUT2D eigenvalue weighted by atomic mass is 16.4. The van der Waals surface area contributed by atoms with Gasteiger partial charge < -0.3 is 10.4 Å². The first-order valence-corrected chi connectivity index (χ1v) is 7.50. The molecule has 1 rings (SSSR count). The molecule has 0 aliphatic carbocycles. The van der Waals surface area contributed by atoms with Gasteiger partial charge in [0.1, 0.15) is 6.04 Å². The molecule has 0 radical (unpaired) electrons. The molecule has 2 atom stereocenters. The van der Waals surface area contributed by atoms with E-state index in [1.165, 1.54) is 0 Å². The fraction of sp³-hybridized carbons (Fsp3) is 0.529. The Morgan fingerprint density at radius 2 is 1.81 bits per heavy atom. The van der Waals surface area contributed by atoms with E-state index in [0.717, 1.165) is 12.0 Å². The summed E-state index contributed by atoms with van der Waals surface area (Å²) in [6, 6.07) is 8.47. The summed E-state index contributed by atoms with van der Waals surface area (Å²) in [4.78, 5) is 23.4. The number of carboxylic acids is 1. The first-order chi connectivity index (χ1) is 9.93. The van der Waals surface area contributed by atoms with Crippen LogP contribution >= 0.6 is 0 Å². The molecule has 0 spiro atoms. The van der Waals surface area contributed by atoms with Crippen LogP contribution in [0.4, 0.5) is 0 Å². The predicted molar refractivity (Wildman–Crippen MR) is 82.9 cm³/mol. The highest BCUT2D eigenvalue weighted by Crippen LogP contribution is 2.18. The lowest BCUT2D eigenvalue weighted by Gasteiger charge is -2.20. The molecule has 1 unspecified atom stereocenters. The van der Waals surface area contributed by atoms with E-state index < -0.39 is 12.0 Å². The van der Waals surface area contributed by atoms with E-state index in [4.69, 9.17) is 0 Å². The quantitative estimate of drug-likeness (QED) is 0.774. The largest absolute Gasteiger partial charge is 0.480 e. The molecule has 4 heteroatoms. The summed E-state index contributed by atoms with van der Waals surface area (Å²) in [6.45, 7) is 6.22. The number of carboxylic acid groups (broad SMARTS) is 1. The zero-order valence-corrected chi connectivity index (χ0v) is 13.0. The van der Waals surface area contributed by atoms with Crippen LogP contribution in [0, 0.1) is 11.8 Å². The zero-order chi connectivity index (χ0) is 15.8. The number of aliphatic carboxylic acids is 1. The van der Waals surface area contributed by atoms with Crippen LogP contribution in [0.3, 0.4) is 0 Å². The highest BCUT2D eigenvalue weighted by molar-refractivity contribution is 5.83. The number of amides is 1. The van der Waals surface area contributed by atoms with Gasteiger partial charge in [-0.3, -0.25) is 4.79 Å². The maximum absolute atomic E-state index is 12.0. The molecule has 1 amide bonds. The molecule has 0 aromatic heterocycles. The fourth-order valence-electron chi connectivity index (χ4n) is 2.39. The summed E-state index contributed by atoms with van der Waals surface area (Å²) in [6.07, 6.45) is 1.61. The number of rotatable bonds is 8. The van der Waals surface area contributed by atoms with Crippen molar-refractivity contribution in [2.24, 2.45) is 11.8 Å². The molecule has 0 aliphatic heterocycles. The number of nitrogens with one attached hydrogen (secondary N) is 1. The summed E-state index contributed by atoms with van der Waals surface area (Å²) in [5, 5.41) is 11.9. The molecule has 4 nitrogen and oxygen atoms in total. The Labute approximate surface area is 126 Å². The van der Waals surface area contributed by atoms with Crippen LogP contribution in [0.2, 0.25) is 0 Å². The number of benzene rings is 1. The van der Waals surface area contributed by atoms with Gasteiger partial charge in [-0.25, -0.2) is 4.79 Å². The third-order valence-electron chi connectivity index (χ3n) is 3.83. The molecule has 1 aromatic carbocycles. The summed E-state index contributed by atoms with van der Waals surface area (Å²) in [5.74, 6) is -0.474. The Morgan fingerprint density at radius 1 is 1.19 bits per heavy atom. The van der Waals surface area contributed by atoms with Gasteiger partial charge in [-0.1, -0.05) is 57.5 Å². The van der Waals surface area contributed by atoms with Crippen molar-refractivity contribution in [1.29, 1.82) is 0 Å². The first-order valence-electron chi connectivity index (χ1n) is 7.50. The smallest absolute Gasteiger partial charge is 0.326 e. The van der Waals surface area contributed by atoms with E-state index in [9.17, 15) is 14.7 Å². The van der Waals surface area contributed by atoms with Gasteiger partial charge >= 0.3 is 5.97 Å². The number of carbonyl (C=O) groups is 2. The van der Waals surface area contributed by atoms with Crippen molar-refractivity contribution in [1.82, 2.24) is 5.32 Å². The minimum absolute atomic E-state index is 0.182. The summed E-state index contributed by atoms with van der Waals surface area (Å²) in [7, 11) is 0. The molecule has 0 fully saturated rings. The molecule has 0 aliphatic rings. The molecule has 0 saturated heterocycles. The SMILES string of the molecule is CCC(CC(=O)N[C@H](Cc1ccccc1)C(=O)O)C(C)C. The number of hydrogen-bond donors (Lipinski definition) is 2. The molecule has 0 bridgehead atoms. The monoisotopic (exact) mass is 291 g/mol. The van der Waals surface area contributed by atoms with E-state index in [-0.39, 0.29) is 11.8 Å².